The molecule has 2 rings (SSSR count). The molecule has 0 aliphatic heterocycles. The summed E-state index contributed by atoms with van der Waals surface area (Å²) in [6.07, 6.45) is 1.96. The molecule has 19 heavy (non-hydrogen) atoms. The number of amides is 1. The Hall–Kier alpha value is -1.54. The fourth-order valence-electron chi connectivity index (χ4n) is 1.55. The average Bonchev–Trinajstić information content (AvgIpc) is 3.11. The lowest BCUT2D eigenvalue weighted by Gasteiger charge is -2.07. The summed E-state index contributed by atoms with van der Waals surface area (Å²) in [5, 5.41) is 7.25. The molecule has 3 N–H and O–H groups in total. The summed E-state index contributed by atoms with van der Waals surface area (Å²) >= 11 is 0. The largest absolute Gasteiger partial charge is 0.352 e. The van der Waals surface area contributed by atoms with Gasteiger partial charge in [-0.25, -0.2) is 22.3 Å². The smallest absolute Gasteiger partial charge is 0.254 e. The number of rotatable bonds is 4. The summed E-state index contributed by atoms with van der Waals surface area (Å²) < 4.78 is 49.0. The van der Waals surface area contributed by atoms with Gasteiger partial charge in [-0.2, -0.15) is 0 Å². The molecule has 104 valence electrons. The number of halogens is 2. The number of hydrogen-bond donors (Lipinski definition) is 2. The van der Waals surface area contributed by atoms with Crippen LogP contribution in [0.15, 0.2) is 17.0 Å². The lowest BCUT2D eigenvalue weighted by molar-refractivity contribution is 0.0946. The Morgan fingerprint density at radius 2 is 2.00 bits per heavy atom. The van der Waals surface area contributed by atoms with Crippen LogP contribution in [0.5, 0.6) is 0 Å². The van der Waals surface area contributed by atoms with Gasteiger partial charge >= 0.3 is 0 Å². The topological polar surface area (TPSA) is 89.3 Å². The van der Waals surface area contributed by atoms with E-state index in [1.807, 2.05) is 0 Å². The predicted octanol–water partition coefficient (Wildman–Crippen LogP) is 0.752. The summed E-state index contributed by atoms with van der Waals surface area (Å²) in [6, 6.07) is 1.18. The fourth-order valence-corrected chi connectivity index (χ4v) is 2.10. The van der Waals surface area contributed by atoms with Crippen LogP contribution in [0.3, 0.4) is 0 Å². The molecule has 1 saturated carbocycles. The third-order valence-corrected chi connectivity index (χ3v) is 3.72. The molecule has 1 aromatic rings. The third-order valence-electron chi connectivity index (χ3n) is 2.82. The van der Waals surface area contributed by atoms with Crippen molar-refractivity contribution in [2.75, 3.05) is 6.54 Å². The fraction of sp³-hybridized carbons (Fsp3) is 0.364. The Balaban J connectivity index is 2.31. The van der Waals surface area contributed by atoms with Crippen LogP contribution >= 0.6 is 0 Å². The number of carbonyl (C=O) groups excluding carboxylic acids is 1. The molecule has 1 amide bonds. The van der Waals surface area contributed by atoms with Crippen LogP contribution in [0.25, 0.3) is 0 Å². The number of primary sulfonamides is 1. The minimum atomic E-state index is -4.20. The lowest BCUT2D eigenvalue weighted by atomic mass is 10.2. The normalized spacial score (nSPS) is 15.3. The minimum Gasteiger partial charge on any atom is -0.352 e. The molecule has 0 bridgehead atoms. The van der Waals surface area contributed by atoms with E-state index < -0.39 is 38.0 Å². The van der Waals surface area contributed by atoms with Gasteiger partial charge < -0.3 is 5.32 Å². The number of nitrogens with two attached hydrogens (primary N) is 1. The summed E-state index contributed by atoms with van der Waals surface area (Å²) in [6.45, 7) is 0.361. The van der Waals surface area contributed by atoms with E-state index in [2.05, 4.69) is 5.32 Å². The van der Waals surface area contributed by atoms with Crippen LogP contribution in [-0.2, 0) is 10.0 Å². The van der Waals surface area contributed by atoms with Crippen LogP contribution in [0.1, 0.15) is 23.2 Å². The van der Waals surface area contributed by atoms with Crippen molar-refractivity contribution < 1.29 is 22.0 Å². The van der Waals surface area contributed by atoms with Crippen molar-refractivity contribution in [1.82, 2.24) is 5.32 Å². The molecule has 5 nitrogen and oxygen atoms in total. The van der Waals surface area contributed by atoms with Crippen LogP contribution in [0.2, 0.25) is 0 Å². The van der Waals surface area contributed by atoms with Gasteiger partial charge in [0.05, 0.1) is 10.5 Å². The highest BCUT2D eigenvalue weighted by Crippen LogP contribution is 2.27. The van der Waals surface area contributed by atoms with Crippen molar-refractivity contribution >= 4 is 15.9 Å². The molecule has 8 heteroatoms. The van der Waals surface area contributed by atoms with Gasteiger partial charge in [0.2, 0.25) is 10.0 Å². The van der Waals surface area contributed by atoms with Crippen molar-refractivity contribution in [2.24, 2.45) is 11.1 Å². The maximum Gasteiger partial charge on any atom is 0.254 e. The van der Waals surface area contributed by atoms with E-state index in [4.69, 9.17) is 5.14 Å². The Morgan fingerprint density at radius 1 is 1.37 bits per heavy atom. The first-order valence-corrected chi connectivity index (χ1v) is 7.13. The molecule has 0 saturated heterocycles. The summed E-state index contributed by atoms with van der Waals surface area (Å²) in [7, 11) is -4.20. The molecule has 1 aromatic carbocycles. The first-order chi connectivity index (χ1) is 8.79. The molecule has 1 fully saturated rings. The molecular weight excluding hydrogens is 278 g/mol. The number of sulfonamides is 1. The van der Waals surface area contributed by atoms with Gasteiger partial charge in [-0.1, -0.05) is 0 Å². The van der Waals surface area contributed by atoms with Gasteiger partial charge in [-0.3, -0.25) is 4.79 Å². The summed E-state index contributed by atoms with van der Waals surface area (Å²) in [5.41, 5.74) is -0.662. The maximum atomic E-state index is 13.5. The molecule has 1 aliphatic carbocycles. The molecule has 0 radical (unpaired) electrons. The molecular formula is C11H12F2N2O3S. The van der Waals surface area contributed by atoms with E-state index in [1.165, 1.54) is 0 Å². The zero-order valence-corrected chi connectivity index (χ0v) is 10.6. The highest BCUT2D eigenvalue weighted by Gasteiger charge is 2.24. The van der Waals surface area contributed by atoms with E-state index in [0.717, 1.165) is 18.9 Å². The number of nitrogens with one attached hydrogen (secondary N) is 1. The molecule has 0 spiro atoms. The predicted molar refractivity (Wildman–Crippen MR) is 62.8 cm³/mol. The van der Waals surface area contributed by atoms with Gasteiger partial charge in [0.15, 0.2) is 11.6 Å². The second kappa shape index (κ2) is 4.86. The third kappa shape index (κ3) is 3.27. The highest BCUT2D eigenvalue weighted by atomic mass is 32.2. The number of carbonyl (C=O) groups is 1. The van der Waals surface area contributed by atoms with E-state index >= 15 is 0 Å². The van der Waals surface area contributed by atoms with Crippen LogP contribution in [0, 0.1) is 17.6 Å². The van der Waals surface area contributed by atoms with Gasteiger partial charge in [0.25, 0.3) is 5.91 Å². The molecule has 0 aromatic heterocycles. The Morgan fingerprint density at radius 3 is 2.53 bits per heavy atom. The maximum absolute atomic E-state index is 13.5. The molecule has 0 heterocycles. The van der Waals surface area contributed by atoms with Crippen LogP contribution in [0.4, 0.5) is 8.78 Å². The van der Waals surface area contributed by atoms with Gasteiger partial charge in [0.1, 0.15) is 0 Å². The SMILES string of the molecule is NS(=O)(=O)c1cc(F)c(F)c(C(=O)NCC2CC2)c1. The number of benzene rings is 1. The molecule has 0 atom stereocenters. The first-order valence-electron chi connectivity index (χ1n) is 5.59. The lowest BCUT2D eigenvalue weighted by Crippen LogP contribution is -2.27. The van der Waals surface area contributed by atoms with Crippen LogP contribution < -0.4 is 10.5 Å². The van der Waals surface area contributed by atoms with Crippen molar-refractivity contribution in [3.05, 3.63) is 29.3 Å². The Kier molecular flexibility index (Phi) is 3.55. The van der Waals surface area contributed by atoms with Gasteiger partial charge in [-0.15, -0.1) is 0 Å². The van der Waals surface area contributed by atoms with Gasteiger partial charge in [0, 0.05) is 6.54 Å². The van der Waals surface area contributed by atoms with Crippen molar-refractivity contribution in [3.63, 3.8) is 0 Å². The molecule has 0 unspecified atom stereocenters. The van der Waals surface area contributed by atoms with Crippen molar-refractivity contribution in [1.29, 1.82) is 0 Å². The van der Waals surface area contributed by atoms with E-state index in [9.17, 15) is 22.0 Å². The van der Waals surface area contributed by atoms with Crippen molar-refractivity contribution in [2.45, 2.75) is 17.7 Å². The molecule has 1 aliphatic rings. The quantitative estimate of drug-likeness (QED) is 0.857. The summed E-state index contributed by atoms with van der Waals surface area (Å²) in [5.74, 6) is -3.31. The number of hydrogen-bond acceptors (Lipinski definition) is 3. The highest BCUT2D eigenvalue weighted by molar-refractivity contribution is 7.89. The monoisotopic (exact) mass is 290 g/mol. The van der Waals surface area contributed by atoms with E-state index in [0.29, 0.717) is 18.5 Å². The van der Waals surface area contributed by atoms with Crippen LogP contribution in [-0.4, -0.2) is 20.9 Å². The first kappa shape index (κ1) is 13.9. The zero-order valence-electron chi connectivity index (χ0n) is 9.82. The van der Waals surface area contributed by atoms with E-state index in [1.54, 1.807) is 0 Å². The summed E-state index contributed by atoms with van der Waals surface area (Å²) in [4.78, 5) is 11.0. The average molecular weight is 290 g/mol. The Bertz CT molecular complexity index is 627. The van der Waals surface area contributed by atoms with Crippen molar-refractivity contribution in [3.8, 4) is 0 Å². The second-order valence-corrected chi connectivity index (χ2v) is 6.03. The standard InChI is InChI=1S/C11H12F2N2O3S/c12-9-4-7(19(14,17)18)3-8(10(9)13)11(16)15-5-6-1-2-6/h3-4,6H,1-2,5H2,(H,15,16)(H2,14,17,18). The Labute approximate surface area is 108 Å². The van der Waals surface area contributed by atoms with Gasteiger partial charge in [-0.05, 0) is 30.9 Å². The zero-order chi connectivity index (χ0) is 14.2. The van der Waals surface area contributed by atoms with E-state index in [-0.39, 0.29) is 0 Å². The second-order valence-electron chi connectivity index (χ2n) is 4.47. The minimum absolute atomic E-state index is 0.360.